The molecule has 0 spiro atoms. The summed E-state index contributed by atoms with van der Waals surface area (Å²) in [5.41, 5.74) is -0.440. The Labute approximate surface area is 91.0 Å². The lowest BCUT2D eigenvalue weighted by molar-refractivity contribution is -0.137. The van der Waals surface area contributed by atoms with Crippen LogP contribution in [0.5, 0.6) is 0 Å². The number of sulfone groups is 1. The van der Waals surface area contributed by atoms with Gasteiger partial charge in [-0.2, -0.15) is 13.2 Å². The summed E-state index contributed by atoms with van der Waals surface area (Å²) in [6.07, 6.45) is -4.22. The van der Waals surface area contributed by atoms with E-state index in [2.05, 4.69) is 0 Å². The van der Waals surface area contributed by atoms with Crippen LogP contribution >= 0.6 is 0 Å². The first-order valence-electron chi connectivity index (χ1n) is 4.67. The Hall–Kier alpha value is -1.04. The number of halogens is 3. The Bertz CT molecular complexity index is 531. The first kappa shape index (κ1) is 11.4. The average Bonchev–Trinajstić information content (AvgIpc) is 2.37. The fourth-order valence-corrected chi connectivity index (χ4v) is 3.44. The summed E-state index contributed by atoms with van der Waals surface area (Å²) in [6, 6.07) is 2.90. The predicted octanol–water partition coefficient (Wildman–Crippen LogP) is 2.42. The van der Waals surface area contributed by atoms with Gasteiger partial charge in [0.2, 0.25) is 0 Å². The van der Waals surface area contributed by atoms with Crippen molar-refractivity contribution < 1.29 is 21.6 Å². The molecule has 0 aliphatic carbocycles. The molecular weight excluding hydrogens is 241 g/mol. The average molecular weight is 250 g/mol. The molecule has 0 aromatic heterocycles. The summed E-state index contributed by atoms with van der Waals surface area (Å²) in [5.74, 6) is 0. The van der Waals surface area contributed by atoms with Crippen LogP contribution in [0.25, 0.3) is 0 Å². The maximum absolute atomic E-state index is 12.4. The largest absolute Gasteiger partial charge is 0.416 e. The molecule has 1 heterocycles. The van der Waals surface area contributed by atoms with Crippen LogP contribution in [0.1, 0.15) is 18.1 Å². The predicted molar refractivity (Wildman–Crippen MR) is 51.8 cm³/mol. The molecule has 0 bridgehead atoms. The molecule has 6 heteroatoms. The molecule has 2 rings (SSSR count). The van der Waals surface area contributed by atoms with Crippen molar-refractivity contribution in [1.82, 2.24) is 0 Å². The molecule has 0 radical (unpaired) electrons. The molecule has 16 heavy (non-hydrogen) atoms. The van der Waals surface area contributed by atoms with Crippen molar-refractivity contribution in [2.45, 2.75) is 29.7 Å². The summed E-state index contributed by atoms with van der Waals surface area (Å²) >= 11 is 0. The molecule has 1 aliphatic heterocycles. The summed E-state index contributed by atoms with van der Waals surface area (Å²) in [5, 5.41) is -0.633. The molecule has 0 amide bonds. The van der Waals surface area contributed by atoms with Crippen LogP contribution in [-0.4, -0.2) is 13.7 Å². The van der Waals surface area contributed by atoms with Gasteiger partial charge in [0.25, 0.3) is 0 Å². The zero-order chi connectivity index (χ0) is 12.1. The fourth-order valence-electron chi connectivity index (χ4n) is 1.80. The summed E-state index contributed by atoms with van der Waals surface area (Å²) < 4.78 is 60.6. The summed E-state index contributed by atoms with van der Waals surface area (Å²) in [6.45, 7) is 1.50. The Balaban J connectivity index is 2.62. The van der Waals surface area contributed by atoms with E-state index >= 15 is 0 Å². The van der Waals surface area contributed by atoms with Gasteiger partial charge < -0.3 is 0 Å². The maximum atomic E-state index is 12.4. The van der Waals surface area contributed by atoms with E-state index in [4.69, 9.17) is 0 Å². The molecular formula is C10H9F3O2S. The molecule has 0 N–H and O–H groups in total. The standard InChI is InChI=1S/C10H9F3O2S/c1-6-4-7-2-3-8(10(11,12)13)5-9(7)16(6,14)15/h2-3,5-6H,4H2,1H3/t6-/m0/s1. The Kier molecular flexibility index (Phi) is 2.31. The molecule has 1 aromatic carbocycles. The normalized spacial score (nSPS) is 23.1. The van der Waals surface area contributed by atoms with E-state index in [-0.39, 0.29) is 11.3 Å². The van der Waals surface area contributed by atoms with Crippen LogP contribution < -0.4 is 0 Å². The van der Waals surface area contributed by atoms with E-state index in [0.29, 0.717) is 5.56 Å². The van der Waals surface area contributed by atoms with E-state index in [1.54, 1.807) is 0 Å². The van der Waals surface area contributed by atoms with Crippen LogP contribution in [0.2, 0.25) is 0 Å². The van der Waals surface area contributed by atoms with Gasteiger partial charge in [0.15, 0.2) is 9.84 Å². The highest BCUT2D eigenvalue weighted by atomic mass is 32.2. The van der Waals surface area contributed by atoms with E-state index in [1.807, 2.05) is 0 Å². The lowest BCUT2D eigenvalue weighted by atomic mass is 10.1. The van der Waals surface area contributed by atoms with Crippen molar-refractivity contribution in [3.8, 4) is 0 Å². The highest BCUT2D eigenvalue weighted by molar-refractivity contribution is 7.92. The van der Waals surface area contributed by atoms with Crippen molar-refractivity contribution in [2.75, 3.05) is 0 Å². The molecule has 2 nitrogen and oxygen atoms in total. The second kappa shape index (κ2) is 3.23. The van der Waals surface area contributed by atoms with E-state index in [9.17, 15) is 21.6 Å². The van der Waals surface area contributed by atoms with Gasteiger partial charge in [-0.3, -0.25) is 0 Å². The topological polar surface area (TPSA) is 34.1 Å². The Morgan fingerprint density at radius 2 is 1.94 bits per heavy atom. The van der Waals surface area contributed by atoms with Crippen molar-refractivity contribution in [1.29, 1.82) is 0 Å². The van der Waals surface area contributed by atoms with E-state index < -0.39 is 26.8 Å². The molecule has 0 saturated carbocycles. The van der Waals surface area contributed by atoms with Crippen LogP contribution in [0.4, 0.5) is 13.2 Å². The lowest BCUT2D eigenvalue weighted by Crippen LogP contribution is -2.12. The fraction of sp³-hybridized carbons (Fsp3) is 0.400. The minimum atomic E-state index is -4.50. The molecule has 1 aromatic rings. The third-order valence-electron chi connectivity index (χ3n) is 2.74. The van der Waals surface area contributed by atoms with Crippen LogP contribution in [0.3, 0.4) is 0 Å². The van der Waals surface area contributed by atoms with Gasteiger partial charge in [0, 0.05) is 0 Å². The number of hydrogen-bond donors (Lipinski definition) is 0. The summed E-state index contributed by atoms with van der Waals surface area (Å²) in [4.78, 5) is -0.171. The number of benzene rings is 1. The van der Waals surface area contributed by atoms with Crippen molar-refractivity contribution in [2.24, 2.45) is 0 Å². The van der Waals surface area contributed by atoms with Gasteiger partial charge in [-0.15, -0.1) is 0 Å². The van der Waals surface area contributed by atoms with Crippen molar-refractivity contribution in [3.05, 3.63) is 29.3 Å². The number of rotatable bonds is 0. The number of fused-ring (bicyclic) bond motifs is 1. The zero-order valence-corrected chi connectivity index (χ0v) is 9.19. The van der Waals surface area contributed by atoms with Gasteiger partial charge >= 0.3 is 6.18 Å². The molecule has 1 aliphatic rings. The number of alkyl halides is 3. The lowest BCUT2D eigenvalue weighted by Gasteiger charge is -2.08. The van der Waals surface area contributed by atoms with Gasteiger partial charge in [0.05, 0.1) is 15.7 Å². The molecule has 0 unspecified atom stereocenters. The minimum Gasteiger partial charge on any atom is -0.223 e. The molecule has 1 atom stereocenters. The highest BCUT2D eigenvalue weighted by Gasteiger charge is 2.37. The zero-order valence-electron chi connectivity index (χ0n) is 8.38. The Morgan fingerprint density at radius 1 is 1.31 bits per heavy atom. The second-order valence-corrected chi connectivity index (χ2v) is 6.21. The monoisotopic (exact) mass is 250 g/mol. The molecule has 0 saturated heterocycles. The van der Waals surface area contributed by atoms with Crippen molar-refractivity contribution >= 4 is 9.84 Å². The molecule has 0 fully saturated rings. The quantitative estimate of drug-likeness (QED) is 0.708. The van der Waals surface area contributed by atoms with Gasteiger partial charge in [-0.1, -0.05) is 6.07 Å². The van der Waals surface area contributed by atoms with Crippen LogP contribution in [-0.2, 0) is 22.4 Å². The van der Waals surface area contributed by atoms with Gasteiger partial charge in [-0.05, 0) is 31.0 Å². The van der Waals surface area contributed by atoms with Gasteiger partial charge in [-0.25, -0.2) is 8.42 Å². The summed E-state index contributed by atoms with van der Waals surface area (Å²) in [7, 11) is -3.57. The van der Waals surface area contributed by atoms with Crippen molar-refractivity contribution in [3.63, 3.8) is 0 Å². The van der Waals surface area contributed by atoms with E-state index in [1.165, 1.54) is 13.0 Å². The smallest absolute Gasteiger partial charge is 0.223 e. The number of hydrogen-bond acceptors (Lipinski definition) is 2. The Morgan fingerprint density at radius 3 is 2.50 bits per heavy atom. The highest BCUT2D eigenvalue weighted by Crippen LogP contribution is 2.36. The first-order valence-corrected chi connectivity index (χ1v) is 6.21. The van der Waals surface area contributed by atoms with Crippen LogP contribution in [0.15, 0.2) is 23.1 Å². The third-order valence-corrected chi connectivity index (χ3v) is 4.96. The minimum absolute atomic E-state index is 0.171. The second-order valence-electron chi connectivity index (χ2n) is 3.88. The SMILES string of the molecule is C[C@H]1Cc2ccc(C(F)(F)F)cc2S1(=O)=O. The van der Waals surface area contributed by atoms with Crippen LogP contribution in [0, 0.1) is 0 Å². The van der Waals surface area contributed by atoms with E-state index in [0.717, 1.165) is 12.1 Å². The molecule has 88 valence electrons. The van der Waals surface area contributed by atoms with Gasteiger partial charge in [0.1, 0.15) is 0 Å². The third kappa shape index (κ3) is 1.61. The first-order chi connectivity index (χ1) is 7.23. The maximum Gasteiger partial charge on any atom is 0.416 e.